The molecule has 0 fully saturated rings. The van der Waals surface area contributed by atoms with Crippen molar-refractivity contribution in [2.24, 2.45) is 0 Å². The topological polar surface area (TPSA) is 44.9 Å². The van der Waals surface area contributed by atoms with E-state index in [1.807, 2.05) is 59.5 Å². The molecule has 0 aliphatic carbocycles. The van der Waals surface area contributed by atoms with Gasteiger partial charge >= 0.3 is 0 Å². The van der Waals surface area contributed by atoms with Gasteiger partial charge in [0.2, 0.25) is 0 Å². The largest absolute Gasteiger partial charge is 0.457 e. The van der Waals surface area contributed by atoms with Gasteiger partial charge in [-0.3, -0.25) is 4.57 Å². The summed E-state index contributed by atoms with van der Waals surface area (Å²) < 4.78 is 10.7. The Bertz CT molecular complexity index is 2560. The Morgan fingerprint density at radius 1 is 0.531 bits per heavy atom. The fraction of sp³-hybridized carbons (Fsp3) is 0.0455. The van der Waals surface area contributed by atoms with Crippen LogP contribution in [0.5, 0.6) is 11.5 Å². The highest BCUT2D eigenvalue weighted by atomic mass is 16.5. The number of pyridine rings is 1. The normalized spacial score (nSPS) is 11.8. The van der Waals surface area contributed by atoms with Crippen molar-refractivity contribution in [3.8, 4) is 23.0 Å². The van der Waals surface area contributed by atoms with Crippen LogP contribution in [0, 0.1) is 0 Å². The first kappa shape index (κ1) is 28.7. The number of hydrogen-bond donors (Lipinski definition) is 0. The number of aromatic nitrogens is 4. The summed E-state index contributed by atoms with van der Waals surface area (Å²) in [6, 6.07) is 56.9. The zero-order chi connectivity index (χ0) is 32.8. The molecule has 6 aromatic carbocycles. The van der Waals surface area contributed by atoms with Crippen molar-refractivity contribution in [3.63, 3.8) is 0 Å². The Kier molecular flexibility index (Phi) is 6.83. The maximum Gasteiger partial charge on any atom is 0.137 e. The molecular formula is C44H32N4O. The lowest BCUT2D eigenvalue weighted by Crippen LogP contribution is -2.25. The minimum Gasteiger partial charge on any atom is -0.457 e. The van der Waals surface area contributed by atoms with E-state index in [-0.39, 0.29) is 0 Å². The highest BCUT2D eigenvalue weighted by molar-refractivity contribution is 6.09. The second kappa shape index (κ2) is 11.7. The van der Waals surface area contributed by atoms with Gasteiger partial charge < -0.3 is 4.74 Å². The molecule has 5 heteroatoms. The molecule has 49 heavy (non-hydrogen) atoms. The maximum atomic E-state index is 6.54. The third-order valence-corrected chi connectivity index (χ3v) is 9.67. The summed E-state index contributed by atoms with van der Waals surface area (Å²) >= 11 is 0. The molecule has 0 atom stereocenters. The van der Waals surface area contributed by atoms with Crippen LogP contribution in [0.1, 0.15) is 23.6 Å². The molecule has 0 saturated heterocycles. The SMILES string of the molecule is CC(c1ccccc1)(c1ccccc1)c1ccnc(-n2c3ccccc3c3ccc(Oc4cccc(-n5ncc6ccccc65)c4)cc32)c1. The molecule has 0 N–H and O–H groups in total. The first-order valence-corrected chi connectivity index (χ1v) is 16.5. The molecule has 0 radical (unpaired) electrons. The molecule has 234 valence electrons. The van der Waals surface area contributed by atoms with E-state index in [4.69, 9.17) is 9.72 Å². The molecule has 0 amide bonds. The fourth-order valence-corrected chi connectivity index (χ4v) is 7.15. The zero-order valence-electron chi connectivity index (χ0n) is 26.9. The molecule has 3 aromatic heterocycles. The third-order valence-electron chi connectivity index (χ3n) is 9.67. The number of hydrogen-bond acceptors (Lipinski definition) is 3. The Morgan fingerprint density at radius 3 is 2.00 bits per heavy atom. The van der Waals surface area contributed by atoms with E-state index in [1.54, 1.807) is 0 Å². The van der Waals surface area contributed by atoms with Gasteiger partial charge in [-0.1, -0.05) is 103 Å². The lowest BCUT2D eigenvalue weighted by molar-refractivity contribution is 0.483. The molecule has 0 spiro atoms. The van der Waals surface area contributed by atoms with Crippen LogP contribution in [0.2, 0.25) is 0 Å². The summed E-state index contributed by atoms with van der Waals surface area (Å²) in [7, 11) is 0. The van der Waals surface area contributed by atoms with Crippen molar-refractivity contribution in [3.05, 3.63) is 193 Å². The molecule has 5 nitrogen and oxygen atoms in total. The Labute approximate surface area is 284 Å². The van der Waals surface area contributed by atoms with Gasteiger partial charge in [0, 0.05) is 39.9 Å². The number of para-hydroxylation sites is 2. The summed E-state index contributed by atoms with van der Waals surface area (Å²) in [4.78, 5) is 4.97. The summed E-state index contributed by atoms with van der Waals surface area (Å²) in [5, 5.41) is 8.04. The molecule has 9 rings (SSSR count). The van der Waals surface area contributed by atoms with E-state index in [1.165, 1.54) is 11.1 Å². The van der Waals surface area contributed by atoms with E-state index >= 15 is 0 Å². The van der Waals surface area contributed by atoms with Crippen molar-refractivity contribution < 1.29 is 4.74 Å². The van der Waals surface area contributed by atoms with Crippen LogP contribution in [0.4, 0.5) is 0 Å². The first-order chi connectivity index (χ1) is 24.2. The van der Waals surface area contributed by atoms with E-state index in [0.717, 1.165) is 61.3 Å². The van der Waals surface area contributed by atoms with Gasteiger partial charge in [-0.2, -0.15) is 5.10 Å². The van der Waals surface area contributed by atoms with Crippen LogP contribution in [-0.2, 0) is 5.41 Å². The van der Waals surface area contributed by atoms with Gasteiger partial charge in [-0.25, -0.2) is 9.67 Å². The van der Waals surface area contributed by atoms with E-state index < -0.39 is 5.41 Å². The molecule has 0 bridgehead atoms. The molecule has 0 saturated carbocycles. The van der Waals surface area contributed by atoms with Crippen molar-refractivity contribution in [2.45, 2.75) is 12.3 Å². The Balaban J connectivity index is 1.16. The molecule has 0 aliphatic rings. The first-order valence-electron chi connectivity index (χ1n) is 16.5. The van der Waals surface area contributed by atoms with Gasteiger partial charge in [0.05, 0.1) is 28.4 Å². The highest BCUT2D eigenvalue weighted by Gasteiger charge is 2.31. The Hall–Kier alpha value is -6.46. The lowest BCUT2D eigenvalue weighted by Gasteiger charge is -2.32. The van der Waals surface area contributed by atoms with Gasteiger partial charge in [0.25, 0.3) is 0 Å². The quantitative estimate of drug-likeness (QED) is 0.176. The highest BCUT2D eigenvalue weighted by Crippen LogP contribution is 2.40. The average molecular weight is 633 g/mol. The Morgan fingerprint density at radius 2 is 1.20 bits per heavy atom. The summed E-state index contributed by atoms with van der Waals surface area (Å²) in [5.41, 5.74) is 7.33. The van der Waals surface area contributed by atoms with Crippen molar-refractivity contribution in [1.82, 2.24) is 19.3 Å². The summed E-state index contributed by atoms with van der Waals surface area (Å²) in [6.07, 6.45) is 3.82. The van der Waals surface area contributed by atoms with E-state index in [0.29, 0.717) is 0 Å². The van der Waals surface area contributed by atoms with E-state index in [9.17, 15) is 0 Å². The van der Waals surface area contributed by atoms with Gasteiger partial charge in [0.15, 0.2) is 0 Å². The number of rotatable bonds is 7. The molecular weight excluding hydrogens is 601 g/mol. The van der Waals surface area contributed by atoms with Crippen LogP contribution in [0.15, 0.2) is 176 Å². The van der Waals surface area contributed by atoms with Crippen molar-refractivity contribution in [1.29, 1.82) is 0 Å². The van der Waals surface area contributed by atoms with E-state index in [2.05, 4.69) is 138 Å². The monoisotopic (exact) mass is 632 g/mol. The number of fused-ring (bicyclic) bond motifs is 4. The van der Waals surface area contributed by atoms with Gasteiger partial charge in [0.1, 0.15) is 17.3 Å². The zero-order valence-corrected chi connectivity index (χ0v) is 26.9. The molecule has 0 unspecified atom stereocenters. The van der Waals surface area contributed by atoms with Crippen molar-refractivity contribution in [2.75, 3.05) is 0 Å². The minimum absolute atomic E-state index is 0.391. The number of nitrogens with zero attached hydrogens (tertiary/aromatic N) is 4. The van der Waals surface area contributed by atoms with Crippen LogP contribution in [-0.4, -0.2) is 19.3 Å². The number of benzene rings is 6. The fourth-order valence-electron chi connectivity index (χ4n) is 7.15. The third kappa shape index (κ3) is 4.86. The van der Waals surface area contributed by atoms with Gasteiger partial charge in [-0.05, 0) is 72.1 Å². The van der Waals surface area contributed by atoms with Gasteiger partial charge in [-0.15, -0.1) is 0 Å². The molecule has 0 aliphatic heterocycles. The minimum atomic E-state index is -0.391. The second-order valence-corrected chi connectivity index (χ2v) is 12.5. The van der Waals surface area contributed by atoms with Crippen molar-refractivity contribution >= 4 is 32.7 Å². The predicted octanol–water partition coefficient (Wildman–Crippen LogP) is 10.7. The predicted molar refractivity (Wildman–Crippen MR) is 198 cm³/mol. The second-order valence-electron chi connectivity index (χ2n) is 12.5. The van der Waals surface area contributed by atoms with Crippen LogP contribution in [0.3, 0.4) is 0 Å². The number of ether oxygens (including phenoxy) is 1. The molecule has 9 aromatic rings. The van der Waals surface area contributed by atoms with Crippen LogP contribution < -0.4 is 4.74 Å². The smallest absolute Gasteiger partial charge is 0.137 e. The lowest BCUT2D eigenvalue weighted by atomic mass is 9.71. The summed E-state index contributed by atoms with van der Waals surface area (Å²) in [6.45, 7) is 2.30. The van der Waals surface area contributed by atoms with Crippen LogP contribution >= 0.6 is 0 Å². The molecule has 3 heterocycles. The van der Waals surface area contributed by atoms with Crippen LogP contribution in [0.25, 0.3) is 44.2 Å². The average Bonchev–Trinajstić information content (AvgIpc) is 3.75. The summed E-state index contributed by atoms with van der Waals surface area (Å²) in [5.74, 6) is 2.33. The standard InChI is InChI=1S/C44H32N4O/c1-44(32-14-4-2-5-15-32,33-16-6-3-7-17-33)34-25-26-45-43(27-34)47-41-22-11-9-20-38(41)39-24-23-37(29-42(39)47)49-36-19-12-18-35(28-36)48-40-21-10-8-13-31(40)30-46-48/h2-30H,1H3. The maximum absolute atomic E-state index is 6.54.